The standard InChI is InChI=1S/C16H26BrN3O2S.HI/c1-4-13(5-2)12-20-16(18-3)19-10-11-23(21,22)15-8-6-14(17)7-9-15;/h6-9,13H,4-5,10-12H2,1-3H3,(H2,18,19,20);1H. The Labute approximate surface area is 171 Å². The van der Waals surface area contributed by atoms with Crippen molar-refractivity contribution >= 4 is 55.7 Å². The lowest BCUT2D eigenvalue weighted by Crippen LogP contribution is -2.41. The molecule has 1 aromatic carbocycles. The van der Waals surface area contributed by atoms with Crippen molar-refractivity contribution in [3.63, 3.8) is 0 Å². The number of halogens is 2. The summed E-state index contributed by atoms with van der Waals surface area (Å²) >= 11 is 3.30. The highest BCUT2D eigenvalue weighted by atomic mass is 127. The van der Waals surface area contributed by atoms with Crippen LogP contribution in [-0.4, -0.2) is 40.3 Å². The Kier molecular flexibility index (Phi) is 11.9. The molecule has 0 fully saturated rings. The largest absolute Gasteiger partial charge is 0.356 e. The second-order valence-corrected chi connectivity index (χ2v) is 8.36. The molecule has 0 heterocycles. The molecule has 0 aromatic heterocycles. The third-order valence-electron chi connectivity index (χ3n) is 3.77. The van der Waals surface area contributed by atoms with Crippen molar-refractivity contribution in [3.8, 4) is 0 Å². The van der Waals surface area contributed by atoms with E-state index in [0.717, 1.165) is 23.9 Å². The minimum atomic E-state index is -3.29. The van der Waals surface area contributed by atoms with Gasteiger partial charge in [0, 0.05) is 24.6 Å². The lowest BCUT2D eigenvalue weighted by molar-refractivity contribution is 0.481. The summed E-state index contributed by atoms with van der Waals surface area (Å²) in [5.41, 5.74) is 0. The van der Waals surface area contributed by atoms with Crippen LogP contribution in [0.5, 0.6) is 0 Å². The Balaban J connectivity index is 0.00000529. The highest BCUT2D eigenvalue weighted by Crippen LogP contribution is 2.15. The molecule has 1 aromatic rings. The van der Waals surface area contributed by atoms with Gasteiger partial charge in [-0.25, -0.2) is 8.42 Å². The maximum atomic E-state index is 12.3. The number of hydrogen-bond acceptors (Lipinski definition) is 3. The van der Waals surface area contributed by atoms with E-state index in [4.69, 9.17) is 0 Å². The average molecular weight is 532 g/mol. The first-order chi connectivity index (χ1) is 10.9. The Bertz CT molecular complexity index is 602. The number of sulfone groups is 1. The SMILES string of the molecule is CCC(CC)CNC(=NC)NCCS(=O)(=O)c1ccc(Br)cc1.I. The van der Waals surface area contributed by atoms with Gasteiger partial charge in [0.1, 0.15) is 0 Å². The quantitative estimate of drug-likeness (QED) is 0.306. The molecule has 24 heavy (non-hydrogen) atoms. The molecule has 0 spiro atoms. The molecule has 0 saturated heterocycles. The molecule has 138 valence electrons. The zero-order chi connectivity index (χ0) is 17.3. The van der Waals surface area contributed by atoms with Crippen LogP contribution < -0.4 is 10.6 Å². The first-order valence-electron chi connectivity index (χ1n) is 7.85. The molecular weight excluding hydrogens is 505 g/mol. The van der Waals surface area contributed by atoms with E-state index in [9.17, 15) is 8.42 Å². The van der Waals surface area contributed by atoms with Crippen LogP contribution in [-0.2, 0) is 9.84 Å². The summed E-state index contributed by atoms with van der Waals surface area (Å²) in [4.78, 5) is 4.46. The summed E-state index contributed by atoms with van der Waals surface area (Å²) in [6.45, 7) is 5.49. The van der Waals surface area contributed by atoms with Gasteiger partial charge in [-0.3, -0.25) is 4.99 Å². The Hall–Kier alpha value is -0.350. The fourth-order valence-corrected chi connectivity index (χ4v) is 3.52. The first-order valence-corrected chi connectivity index (χ1v) is 10.3. The molecule has 0 amide bonds. The molecule has 0 atom stereocenters. The molecule has 0 aliphatic rings. The van der Waals surface area contributed by atoms with Crippen LogP contribution in [0, 0.1) is 5.92 Å². The molecule has 0 unspecified atom stereocenters. The van der Waals surface area contributed by atoms with E-state index < -0.39 is 9.84 Å². The maximum absolute atomic E-state index is 12.3. The van der Waals surface area contributed by atoms with Gasteiger partial charge < -0.3 is 10.6 Å². The molecule has 8 heteroatoms. The summed E-state index contributed by atoms with van der Waals surface area (Å²) in [5.74, 6) is 1.27. The molecule has 2 N–H and O–H groups in total. The predicted octanol–water partition coefficient (Wildman–Crippen LogP) is 3.44. The smallest absolute Gasteiger partial charge is 0.191 e. The highest BCUT2D eigenvalue weighted by Gasteiger charge is 2.14. The van der Waals surface area contributed by atoms with Gasteiger partial charge in [0.05, 0.1) is 10.6 Å². The number of aliphatic imine (C=N–C) groups is 1. The molecule has 5 nitrogen and oxygen atoms in total. The molecule has 0 aliphatic carbocycles. The predicted molar refractivity (Wildman–Crippen MR) is 115 cm³/mol. The lowest BCUT2D eigenvalue weighted by atomic mass is 10.0. The summed E-state index contributed by atoms with van der Waals surface area (Å²) in [7, 11) is -1.60. The average Bonchev–Trinajstić information content (AvgIpc) is 2.54. The summed E-state index contributed by atoms with van der Waals surface area (Å²) < 4.78 is 25.4. The van der Waals surface area contributed by atoms with E-state index in [1.165, 1.54) is 0 Å². The monoisotopic (exact) mass is 531 g/mol. The van der Waals surface area contributed by atoms with E-state index in [-0.39, 0.29) is 29.7 Å². The fourth-order valence-electron chi connectivity index (χ4n) is 2.10. The molecule has 0 radical (unpaired) electrons. The number of hydrogen-bond donors (Lipinski definition) is 2. The number of rotatable bonds is 8. The van der Waals surface area contributed by atoms with Crippen molar-refractivity contribution in [2.45, 2.75) is 31.6 Å². The van der Waals surface area contributed by atoms with E-state index in [0.29, 0.717) is 23.3 Å². The minimum Gasteiger partial charge on any atom is -0.356 e. The van der Waals surface area contributed by atoms with Gasteiger partial charge in [-0.05, 0) is 30.2 Å². The van der Waals surface area contributed by atoms with Crippen molar-refractivity contribution in [3.05, 3.63) is 28.7 Å². The van der Waals surface area contributed by atoms with Gasteiger partial charge in [-0.2, -0.15) is 0 Å². The van der Waals surface area contributed by atoms with Gasteiger partial charge >= 0.3 is 0 Å². The highest BCUT2D eigenvalue weighted by molar-refractivity contribution is 14.0. The Morgan fingerprint density at radius 1 is 1.17 bits per heavy atom. The zero-order valence-electron chi connectivity index (χ0n) is 14.4. The van der Waals surface area contributed by atoms with Gasteiger partial charge in [0.2, 0.25) is 0 Å². The Morgan fingerprint density at radius 3 is 2.25 bits per heavy atom. The minimum absolute atomic E-state index is 0. The van der Waals surface area contributed by atoms with Gasteiger partial charge in [0.25, 0.3) is 0 Å². The third kappa shape index (κ3) is 8.15. The second-order valence-electron chi connectivity index (χ2n) is 5.34. The summed E-state index contributed by atoms with van der Waals surface area (Å²) in [6, 6.07) is 6.69. The molecule has 0 aliphatic heterocycles. The van der Waals surface area contributed by atoms with E-state index >= 15 is 0 Å². The van der Waals surface area contributed by atoms with Crippen LogP contribution >= 0.6 is 39.9 Å². The lowest BCUT2D eigenvalue weighted by Gasteiger charge is -2.16. The molecular formula is C16H27BrIN3O2S. The molecule has 0 saturated carbocycles. The number of guanidine groups is 1. The summed E-state index contributed by atoms with van der Waals surface area (Å²) in [5, 5.41) is 6.30. The molecule has 0 bridgehead atoms. The van der Waals surface area contributed by atoms with Crippen molar-refractivity contribution in [1.82, 2.24) is 10.6 Å². The molecule has 1 rings (SSSR count). The van der Waals surface area contributed by atoms with Crippen LogP contribution in [0.3, 0.4) is 0 Å². The van der Waals surface area contributed by atoms with Gasteiger partial charge in [-0.1, -0.05) is 42.6 Å². The van der Waals surface area contributed by atoms with E-state index in [1.54, 1.807) is 31.3 Å². The van der Waals surface area contributed by atoms with E-state index in [2.05, 4.69) is 45.4 Å². The zero-order valence-corrected chi connectivity index (χ0v) is 19.1. The van der Waals surface area contributed by atoms with Crippen LogP contribution in [0.25, 0.3) is 0 Å². The first kappa shape index (κ1) is 23.6. The van der Waals surface area contributed by atoms with Crippen molar-refractivity contribution < 1.29 is 8.42 Å². The van der Waals surface area contributed by atoms with Crippen LogP contribution in [0.15, 0.2) is 38.6 Å². The van der Waals surface area contributed by atoms with Crippen LogP contribution in [0.4, 0.5) is 0 Å². The van der Waals surface area contributed by atoms with Crippen molar-refractivity contribution in [1.29, 1.82) is 0 Å². The van der Waals surface area contributed by atoms with Crippen LogP contribution in [0.2, 0.25) is 0 Å². The summed E-state index contributed by atoms with van der Waals surface area (Å²) in [6.07, 6.45) is 2.22. The van der Waals surface area contributed by atoms with Gasteiger partial charge in [-0.15, -0.1) is 24.0 Å². The van der Waals surface area contributed by atoms with E-state index in [1.807, 2.05) is 0 Å². The normalized spacial score (nSPS) is 12.0. The van der Waals surface area contributed by atoms with Crippen molar-refractivity contribution in [2.24, 2.45) is 10.9 Å². The fraction of sp³-hybridized carbons (Fsp3) is 0.562. The van der Waals surface area contributed by atoms with Gasteiger partial charge in [0.15, 0.2) is 15.8 Å². The Morgan fingerprint density at radius 2 is 1.75 bits per heavy atom. The third-order valence-corrected chi connectivity index (χ3v) is 6.03. The maximum Gasteiger partial charge on any atom is 0.191 e. The number of nitrogens with zero attached hydrogens (tertiary/aromatic N) is 1. The number of benzene rings is 1. The second kappa shape index (κ2) is 12.1. The topological polar surface area (TPSA) is 70.6 Å². The number of nitrogens with one attached hydrogen (secondary N) is 2. The van der Waals surface area contributed by atoms with Crippen molar-refractivity contribution in [2.75, 3.05) is 25.9 Å². The van der Waals surface area contributed by atoms with Crippen LogP contribution in [0.1, 0.15) is 26.7 Å².